The van der Waals surface area contributed by atoms with Crippen molar-refractivity contribution >= 4 is 28.9 Å². The van der Waals surface area contributed by atoms with E-state index in [4.69, 9.17) is 20.9 Å². The third-order valence-electron chi connectivity index (χ3n) is 5.13. The Labute approximate surface area is 209 Å². The van der Waals surface area contributed by atoms with Crippen LogP contribution >= 0.6 is 17.1 Å². The normalized spacial score (nSPS) is 12.7. The van der Waals surface area contributed by atoms with E-state index in [1.165, 1.54) is 16.7 Å². The van der Waals surface area contributed by atoms with Crippen LogP contribution < -0.4 is 9.05 Å². The molecule has 1 atom stereocenters. The summed E-state index contributed by atoms with van der Waals surface area (Å²) in [5, 5.41) is 0.150. The summed E-state index contributed by atoms with van der Waals surface area (Å²) in [6.45, 7) is 11.1. The molecule has 0 radical (unpaired) electrons. The maximum Gasteiger partial charge on any atom is 0.349 e. The first-order valence-electron chi connectivity index (χ1n) is 11.6. The van der Waals surface area contributed by atoms with Crippen molar-refractivity contribution in [1.29, 1.82) is 0 Å². The van der Waals surface area contributed by atoms with Crippen LogP contribution in [-0.2, 0) is 24.6 Å². The smallest absolute Gasteiger partial charge is 0.349 e. The van der Waals surface area contributed by atoms with Gasteiger partial charge in [0.15, 0.2) is 0 Å². The molecule has 0 bridgehead atoms. The molecule has 0 spiro atoms. The van der Waals surface area contributed by atoms with Gasteiger partial charge in [-0.15, -0.1) is 0 Å². The van der Waals surface area contributed by atoms with E-state index in [1.807, 2.05) is 30.3 Å². The van der Waals surface area contributed by atoms with E-state index in [-0.39, 0.29) is 5.25 Å². The Kier molecular flexibility index (Phi) is 9.49. The summed E-state index contributed by atoms with van der Waals surface area (Å²) in [5.74, 6) is 2.75. The van der Waals surface area contributed by atoms with Crippen LogP contribution in [0.3, 0.4) is 0 Å². The Balaban J connectivity index is 1.81. The fourth-order valence-corrected chi connectivity index (χ4v) is 9.14. The molecule has 0 aliphatic rings. The lowest BCUT2D eigenvalue weighted by Crippen LogP contribution is -2.01. The van der Waals surface area contributed by atoms with E-state index in [9.17, 15) is 0 Å². The molecule has 5 heteroatoms. The minimum atomic E-state index is -2.72. The molecule has 176 valence electrons. The van der Waals surface area contributed by atoms with Crippen molar-refractivity contribution in [3.63, 3.8) is 0 Å². The second-order valence-corrected chi connectivity index (χ2v) is 15.7. The number of benzene rings is 3. The van der Waals surface area contributed by atoms with Crippen LogP contribution in [0.1, 0.15) is 56.6 Å². The van der Waals surface area contributed by atoms with Gasteiger partial charge in [0.2, 0.25) is 0 Å². The van der Waals surface area contributed by atoms with Crippen molar-refractivity contribution in [2.75, 3.05) is 0 Å². The van der Waals surface area contributed by atoms with E-state index < -0.39 is 5.69 Å². The van der Waals surface area contributed by atoms with Gasteiger partial charge >= 0.3 is 5.69 Å². The zero-order valence-corrected chi connectivity index (χ0v) is 22.8. The highest BCUT2D eigenvalue weighted by Gasteiger charge is 2.28. The first-order chi connectivity index (χ1) is 15.7. The van der Waals surface area contributed by atoms with Gasteiger partial charge in [-0.25, -0.2) is 0 Å². The molecule has 0 N–H and O–H groups in total. The maximum absolute atomic E-state index is 6.42. The third-order valence-corrected chi connectivity index (χ3v) is 10.2. The summed E-state index contributed by atoms with van der Waals surface area (Å²) in [4.78, 5) is 0. The van der Waals surface area contributed by atoms with Crippen molar-refractivity contribution in [1.82, 2.24) is 0 Å². The molecule has 33 heavy (non-hydrogen) atoms. The van der Waals surface area contributed by atoms with Crippen LogP contribution in [0.5, 0.6) is 11.5 Å². The fourth-order valence-electron chi connectivity index (χ4n) is 3.61. The SMILES string of the molecule is CC(C)Cc1ccc(OP(=S)(Oc2ccc(CC(C)C)cc2)SC(C)c2ccccc2)cc1. The van der Waals surface area contributed by atoms with Gasteiger partial charge in [-0.3, -0.25) is 0 Å². The number of hydrogen-bond acceptors (Lipinski definition) is 4. The van der Waals surface area contributed by atoms with Gasteiger partial charge in [-0.05, 0) is 95.7 Å². The van der Waals surface area contributed by atoms with Gasteiger partial charge in [-0.2, -0.15) is 0 Å². The van der Waals surface area contributed by atoms with Crippen LogP contribution in [0.15, 0.2) is 78.9 Å². The molecule has 3 aromatic carbocycles. The maximum atomic E-state index is 6.42. The summed E-state index contributed by atoms with van der Waals surface area (Å²) >= 11 is 7.68. The Morgan fingerprint density at radius 1 is 0.667 bits per heavy atom. The molecule has 0 aliphatic heterocycles. The van der Waals surface area contributed by atoms with Crippen molar-refractivity contribution in [2.24, 2.45) is 11.8 Å². The third kappa shape index (κ3) is 8.52. The summed E-state index contributed by atoms with van der Waals surface area (Å²) < 4.78 is 12.8. The predicted octanol–water partition coefficient (Wildman–Crippen LogP) is 9.26. The van der Waals surface area contributed by atoms with Crippen molar-refractivity contribution in [2.45, 2.75) is 52.7 Å². The highest BCUT2D eigenvalue weighted by molar-refractivity contribution is 8.68. The Morgan fingerprint density at radius 3 is 1.48 bits per heavy atom. The number of hydrogen-bond donors (Lipinski definition) is 0. The molecule has 0 amide bonds. The second kappa shape index (κ2) is 12.1. The van der Waals surface area contributed by atoms with Crippen molar-refractivity contribution in [3.05, 3.63) is 95.6 Å². The molecule has 0 aliphatic carbocycles. The van der Waals surface area contributed by atoms with Crippen LogP contribution in [0.4, 0.5) is 0 Å². The number of rotatable bonds is 11. The van der Waals surface area contributed by atoms with Crippen LogP contribution in [0, 0.1) is 11.8 Å². The topological polar surface area (TPSA) is 18.5 Å². The summed E-state index contributed by atoms with van der Waals surface area (Å²) in [7, 11) is 0. The average Bonchev–Trinajstić information content (AvgIpc) is 2.76. The van der Waals surface area contributed by atoms with E-state index in [1.54, 1.807) is 11.4 Å². The fraction of sp³-hybridized carbons (Fsp3) is 0.357. The zero-order chi connectivity index (χ0) is 23.8. The van der Waals surface area contributed by atoms with Crippen LogP contribution in [-0.4, -0.2) is 0 Å². The highest BCUT2D eigenvalue weighted by atomic mass is 32.9. The Morgan fingerprint density at radius 2 is 1.09 bits per heavy atom. The first kappa shape index (κ1) is 25.9. The van der Waals surface area contributed by atoms with Crippen molar-refractivity contribution in [3.8, 4) is 11.5 Å². The lowest BCUT2D eigenvalue weighted by molar-refractivity contribution is 0.505. The zero-order valence-electron chi connectivity index (χ0n) is 20.2. The molecule has 3 rings (SSSR count). The molecule has 0 heterocycles. The average molecular weight is 499 g/mol. The summed E-state index contributed by atoms with van der Waals surface area (Å²) in [6.07, 6.45) is 2.10. The van der Waals surface area contributed by atoms with Crippen LogP contribution in [0.2, 0.25) is 0 Å². The van der Waals surface area contributed by atoms with E-state index in [0.29, 0.717) is 11.8 Å². The minimum Gasteiger partial charge on any atom is -0.428 e. The lowest BCUT2D eigenvalue weighted by Gasteiger charge is -2.26. The van der Waals surface area contributed by atoms with Gasteiger partial charge in [0.25, 0.3) is 0 Å². The predicted molar refractivity (Wildman–Crippen MR) is 148 cm³/mol. The second-order valence-electron chi connectivity index (χ2n) is 9.27. The summed E-state index contributed by atoms with van der Waals surface area (Å²) in [6, 6.07) is 27.0. The highest BCUT2D eigenvalue weighted by Crippen LogP contribution is 2.64. The first-order valence-corrected chi connectivity index (χ1v) is 15.7. The molecule has 0 saturated carbocycles. The van der Waals surface area contributed by atoms with Gasteiger partial charge in [0.1, 0.15) is 11.5 Å². The Bertz CT molecular complexity index is 972. The largest absolute Gasteiger partial charge is 0.428 e. The lowest BCUT2D eigenvalue weighted by atomic mass is 10.0. The van der Waals surface area contributed by atoms with Gasteiger partial charge < -0.3 is 9.05 Å². The van der Waals surface area contributed by atoms with Crippen molar-refractivity contribution < 1.29 is 9.05 Å². The van der Waals surface area contributed by atoms with E-state index >= 15 is 0 Å². The van der Waals surface area contributed by atoms with Gasteiger partial charge in [-0.1, -0.05) is 82.3 Å². The molecule has 2 nitrogen and oxygen atoms in total. The Hall–Kier alpha value is -1.74. The van der Waals surface area contributed by atoms with E-state index in [2.05, 4.69) is 83.1 Å². The molecule has 1 unspecified atom stereocenters. The van der Waals surface area contributed by atoms with Crippen LogP contribution in [0.25, 0.3) is 0 Å². The quantitative estimate of drug-likeness (QED) is 0.245. The van der Waals surface area contributed by atoms with E-state index in [0.717, 1.165) is 24.3 Å². The molecule has 0 aromatic heterocycles. The standard InChI is InChI=1S/C28H35O2PS2/c1-21(2)19-24-11-15-27(16-12-24)29-31(32,33-23(5)26-9-7-6-8-10-26)30-28-17-13-25(14-18-28)20-22(3)4/h6-18,21-23H,19-20H2,1-5H3. The monoisotopic (exact) mass is 498 g/mol. The molecule has 0 fully saturated rings. The minimum absolute atomic E-state index is 0.150. The van der Waals surface area contributed by atoms with Gasteiger partial charge in [0.05, 0.1) is 0 Å². The summed E-state index contributed by atoms with van der Waals surface area (Å²) in [5.41, 5.74) is 1.10. The van der Waals surface area contributed by atoms with Gasteiger partial charge in [0, 0.05) is 5.25 Å². The molecule has 3 aromatic rings. The molecule has 0 saturated heterocycles. The molecular weight excluding hydrogens is 463 g/mol. The molecular formula is C28H35O2PS2.